The van der Waals surface area contributed by atoms with Gasteiger partial charge in [0.05, 0.1) is 12.2 Å². The van der Waals surface area contributed by atoms with Crippen LogP contribution in [0, 0.1) is 0 Å². The van der Waals surface area contributed by atoms with Crippen LogP contribution in [0.25, 0.3) is 5.65 Å². The normalized spacial score (nSPS) is 13.0. The summed E-state index contributed by atoms with van der Waals surface area (Å²) in [5.74, 6) is 0.901. The van der Waals surface area contributed by atoms with Gasteiger partial charge in [0.25, 0.3) is 0 Å². The Morgan fingerprint density at radius 2 is 1.88 bits per heavy atom. The van der Waals surface area contributed by atoms with E-state index < -0.39 is 11.7 Å². The lowest BCUT2D eigenvalue weighted by atomic mass is 10.2. The quantitative estimate of drug-likeness (QED) is 0.658. The summed E-state index contributed by atoms with van der Waals surface area (Å²) < 4.78 is 39.3. The van der Waals surface area contributed by atoms with E-state index >= 15 is 0 Å². The molecule has 25 heavy (non-hydrogen) atoms. The lowest BCUT2D eigenvalue weighted by Gasteiger charge is -2.12. The van der Waals surface area contributed by atoms with Crippen molar-refractivity contribution in [2.45, 2.75) is 19.1 Å². The summed E-state index contributed by atoms with van der Waals surface area (Å²) >= 11 is 0. The molecule has 3 N–H and O–H groups in total. The van der Waals surface area contributed by atoms with Crippen molar-refractivity contribution in [2.75, 3.05) is 17.2 Å². The molecule has 3 rings (SSSR count). The second-order valence-electron chi connectivity index (χ2n) is 5.54. The molecule has 0 aliphatic carbocycles. The number of aliphatic hydroxyl groups excluding tert-OH is 1. The van der Waals surface area contributed by atoms with Gasteiger partial charge in [-0.3, -0.25) is 0 Å². The van der Waals surface area contributed by atoms with Gasteiger partial charge < -0.3 is 15.7 Å². The fourth-order valence-electron chi connectivity index (χ4n) is 2.24. The number of hydrogen-bond acceptors (Lipinski definition) is 5. The summed E-state index contributed by atoms with van der Waals surface area (Å²) in [5, 5.41) is 19.4. The van der Waals surface area contributed by atoms with Crippen LogP contribution in [0.4, 0.5) is 30.6 Å². The maximum absolute atomic E-state index is 12.6. The first-order valence-electron chi connectivity index (χ1n) is 7.54. The molecule has 3 aromatic rings. The van der Waals surface area contributed by atoms with Gasteiger partial charge >= 0.3 is 6.18 Å². The van der Waals surface area contributed by atoms with Gasteiger partial charge in [-0.2, -0.15) is 22.7 Å². The van der Waals surface area contributed by atoms with Gasteiger partial charge in [0.1, 0.15) is 5.82 Å². The number of nitrogens with zero attached hydrogens (tertiary/aromatic N) is 3. The summed E-state index contributed by atoms with van der Waals surface area (Å²) in [6.07, 6.45) is -4.37. The van der Waals surface area contributed by atoms with Crippen molar-refractivity contribution >= 4 is 23.1 Å². The standard InChI is InChI=1S/C16H16F3N5O/c1-10(9-25)20-13-3-2-4-14-22-15(23-24(13)14)21-12-7-5-11(6-8-12)16(17,18)19/h2-8,10,20,25H,9H2,1H3,(H,21,23)/t10-/m0/s1. The van der Waals surface area contributed by atoms with E-state index in [4.69, 9.17) is 5.11 Å². The third kappa shape index (κ3) is 3.82. The third-order valence-corrected chi connectivity index (χ3v) is 3.50. The lowest BCUT2D eigenvalue weighted by molar-refractivity contribution is -0.137. The van der Waals surface area contributed by atoms with Crippen LogP contribution >= 0.6 is 0 Å². The molecule has 1 aromatic carbocycles. The number of aliphatic hydroxyl groups is 1. The smallest absolute Gasteiger partial charge is 0.394 e. The molecule has 132 valence electrons. The van der Waals surface area contributed by atoms with E-state index in [1.807, 2.05) is 6.92 Å². The number of aromatic nitrogens is 3. The minimum absolute atomic E-state index is 0.0399. The van der Waals surface area contributed by atoms with Crippen LogP contribution in [-0.2, 0) is 6.18 Å². The van der Waals surface area contributed by atoms with Crippen molar-refractivity contribution in [3.05, 3.63) is 48.0 Å². The van der Waals surface area contributed by atoms with E-state index in [1.54, 1.807) is 22.7 Å². The highest BCUT2D eigenvalue weighted by Gasteiger charge is 2.29. The zero-order valence-corrected chi connectivity index (χ0v) is 13.2. The van der Waals surface area contributed by atoms with E-state index in [1.165, 1.54) is 12.1 Å². The summed E-state index contributed by atoms with van der Waals surface area (Å²) in [6, 6.07) is 9.79. The van der Waals surface area contributed by atoms with Gasteiger partial charge in [-0.25, -0.2) is 0 Å². The molecule has 0 spiro atoms. The molecule has 2 aromatic heterocycles. The fraction of sp³-hybridized carbons (Fsp3) is 0.250. The Morgan fingerprint density at radius 1 is 1.16 bits per heavy atom. The molecule has 0 aliphatic rings. The van der Waals surface area contributed by atoms with Crippen LogP contribution < -0.4 is 10.6 Å². The molecule has 0 amide bonds. The molecule has 0 saturated carbocycles. The highest BCUT2D eigenvalue weighted by atomic mass is 19.4. The van der Waals surface area contributed by atoms with Crippen molar-refractivity contribution in [1.82, 2.24) is 14.6 Å². The number of halogens is 3. The average molecular weight is 351 g/mol. The molecule has 2 heterocycles. The van der Waals surface area contributed by atoms with Crippen LogP contribution in [0.5, 0.6) is 0 Å². The average Bonchev–Trinajstić information content (AvgIpc) is 2.98. The number of alkyl halides is 3. The topological polar surface area (TPSA) is 74.5 Å². The lowest BCUT2D eigenvalue weighted by Crippen LogP contribution is -2.21. The maximum Gasteiger partial charge on any atom is 0.416 e. The van der Waals surface area contributed by atoms with Crippen molar-refractivity contribution in [2.24, 2.45) is 0 Å². The summed E-state index contributed by atoms with van der Waals surface area (Å²) in [4.78, 5) is 4.29. The Labute approximate surface area is 141 Å². The summed E-state index contributed by atoms with van der Waals surface area (Å²) in [6.45, 7) is 1.78. The number of fused-ring (bicyclic) bond motifs is 1. The molecule has 6 nitrogen and oxygen atoms in total. The first kappa shape index (κ1) is 17.0. The van der Waals surface area contributed by atoms with Crippen LogP contribution in [0.15, 0.2) is 42.5 Å². The number of nitrogens with one attached hydrogen (secondary N) is 2. The molecular formula is C16H16F3N5O. The molecular weight excluding hydrogens is 335 g/mol. The van der Waals surface area contributed by atoms with Crippen molar-refractivity contribution in [3.63, 3.8) is 0 Å². The predicted octanol–water partition coefficient (Wildman–Crippen LogP) is 3.28. The number of anilines is 3. The highest BCUT2D eigenvalue weighted by molar-refractivity contribution is 5.58. The fourth-order valence-corrected chi connectivity index (χ4v) is 2.24. The SMILES string of the molecule is C[C@@H](CO)Nc1cccc2nc(Nc3ccc(C(F)(F)F)cc3)nn12. The Hall–Kier alpha value is -2.81. The van der Waals surface area contributed by atoms with Crippen LogP contribution in [0.3, 0.4) is 0 Å². The molecule has 9 heteroatoms. The molecule has 0 saturated heterocycles. The van der Waals surface area contributed by atoms with Gasteiger partial charge in [0, 0.05) is 11.7 Å². The van der Waals surface area contributed by atoms with Crippen molar-refractivity contribution in [3.8, 4) is 0 Å². The predicted molar refractivity (Wildman–Crippen MR) is 87.9 cm³/mol. The minimum atomic E-state index is -4.37. The number of rotatable bonds is 5. The van der Waals surface area contributed by atoms with Gasteiger partial charge in [-0.1, -0.05) is 6.07 Å². The Balaban J connectivity index is 1.83. The highest BCUT2D eigenvalue weighted by Crippen LogP contribution is 2.30. The summed E-state index contributed by atoms with van der Waals surface area (Å²) in [7, 11) is 0. The number of pyridine rings is 1. The van der Waals surface area contributed by atoms with Crippen molar-refractivity contribution in [1.29, 1.82) is 0 Å². The largest absolute Gasteiger partial charge is 0.416 e. The Kier molecular flexibility index (Phi) is 4.49. The van der Waals surface area contributed by atoms with E-state index in [9.17, 15) is 13.2 Å². The summed E-state index contributed by atoms with van der Waals surface area (Å²) in [5.41, 5.74) is 0.289. The van der Waals surface area contributed by atoms with Gasteiger partial charge in [0.2, 0.25) is 5.95 Å². The monoisotopic (exact) mass is 351 g/mol. The van der Waals surface area contributed by atoms with E-state index in [-0.39, 0.29) is 18.6 Å². The molecule has 1 atom stereocenters. The molecule has 0 fully saturated rings. The van der Waals surface area contributed by atoms with E-state index in [0.717, 1.165) is 12.1 Å². The van der Waals surface area contributed by atoms with Crippen LogP contribution in [0.1, 0.15) is 12.5 Å². The first-order valence-corrected chi connectivity index (χ1v) is 7.54. The zero-order chi connectivity index (χ0) is 18.0. The number of benzene rings is 1. The third-order valence-electron chi connectivity index (χ3n) is 3.50. The van der Waals surface area contributed by atoms with E-state index in [2.05, 4.69) is 20.7 Å². The molecule has 0 radical (unpaired) electrons. The maximum atomic E-state index is 12.6. The minimum Gasteiger partial charge on any atom is -0.394 e. The van der Waals surface area contributed by atoms with Crippen molar-refractivity contribution < 1.29 is 18.3 Å². The van der Waals surface area contributed by atoms with Gasteiger partial charge in [0.15, 0.2) is 5.65 Å². The van der Waals surface area contributed by atoms with Crippen LogP contribution in [-0.4, -0.2) is 32.4 Å². The number of hydrogen-bond donors (Lipinski definition) is 3. The Bertz CT molecular complexity index is 860. The zero-order valence-electron chi connectivity index (χ0n) is 13.2. The van der Waals surface area contributed by atoms with E-state index in [0.29, 0.717) is 17.2 Å². The Morgan fingerprint density at radius 3 is 2.52 bits per heavy atom. The van der Waals surface area contributed by atoms with Gasteiger partial charge in [-0.05, 0) is 43.3 Å². The molecule has 0 aliphatic heterocycles. The van der Waals surface area contributed by atoms with Gasteiger partial charge in [-0.15, -0.1) is 5.10 Å². The second-order valence-corrected chi connectivity index (χ2v) is 5.54. The molecule has 0 unspecified atom stereocenters. The molecule has 0 bridgehead atoms. The first-order chi connectivity index (χ1) is 11.9. The second kappa shape index (κ2) is 6.60. The van der Waals surface area contributed by atoms with Crippen LogP contribution in [0.2, 0.25) is 0 Å².